The first-order valence-electron chi connectivity index (χ1n) is 11.2. The molecule has 6 rings (SSSR count). The molecule has 0 radical (unpaired) electrons. The van der Waals surface area contributed by atoms with Gasteiger partial charge in [0.2, 0.25) is 0 Å². The second-order valence-corrected chi connectivity index (χ2v) is 9.75. The van der Waals surface area contributed by atoms with Gasteiger partial charge in [-0.25, -0.2) is 9.97 Å². The first kappa shape index (κ1) is 18.7. The number of benzene rings is 1. The van der Waals surface area contributed by atoms with Crippen molar-refractivity contribution in [3.8, 4) is 11.1 Å². The SMILES string of the molecule is c1ccc(-c2csc3ncnc(N4CC5CC4CC5OCCN4CCCC4)c23)cc1. The van der Waals surface area contributed by atoms with Gasteiger partial charge in [0.15, 0.2) is 0 Å². The Hall–Kier alpha value is -2.02. The largest absolute Gasteiger partial charge is 0.376 e. The number of rotatable bonds is 6. The van der Waals surface area contributed by atoms with Gasteiger partial charge in [-0.15, -0.1) is 11.3 Å². The Bertz CT molecular complexity index is 1020. The molecule has 2 aliphatic heterocycles. The number of likely N-dealkylation sites (tertiary alicyclic amines) is 1. The number of hydrogen-bond donors (Lipinski definition) is 0. The first-order chi connectivity index (χ1) is 14.9. The van der Waals surface area contributed by atoms with Crippen molar-refractivity contribution >= 4 is 27.4 Å². The molecule has 2 aromatic heterocycles. The van der Waals surface area contributed by atoms with Crippen LogP contribution in [0.4, 0.5) is 5.82 Å². The highest BCUT2D eigenvalue weighted by atomic mass is 32.1. The van der Waals surface area contributed by atoms with Gasteiger partial charge in [-0.3, -0.25) is 0 Å². The van der Waals surface area contributed by atoms with Gasteiger partial charge in [-0.2, -0.15) is 0 Å². The van der Waals surface area contributed by atoms with Gasteiger partial charge in [0, 0.05) is 36.0 Å². The van der Waals surface area contributed by atoms with Gasteiger partial charge in [-0.05, 0) is 44.3 Å². The monoisotopic (exact) mass is 420 g/mol. The summed E-state index contributed by atoms with van der Waals surface area (Å²) in [6.45, 7) is 5.53. The Morgan fingerprint density at radius 1 is 1.07 bits per heavy atom. The second kappa shape index (κ2) is 7.91. The van der Waals surface area contributed by atoms with Crippen LogP contribution in [0.25, 0.3) is 21.3 Å². The fourth-order valence-corrected chi connectivity index (χ4v) is 6.53. The molecule has 5 nitrogen and oxygen atoms in total. The van der Waals surface area contributed by atoms with E-state index in [9.17, 15) is 0 Å². The fraction of sp³-hybridized carbons (Fsp3) is 0.500. The van der Waals surface area contributed by atoms with Crippen molar-refractivity contribution in [1.82, 2.24) is 14.9 Å². The highest BCUT2D eigenvalue weighted by Gasteiger charge is 2.46. The lowest BCUT2D eigenvalue weighted by Crippen LogP contribution is -2.40. The van der Waals surface area contributed by atoms with Crippen LogP contribution in [0.3, 0.4) is 0 Å². The van der Waals surface area contributed by atoms with Gasteiger partial charge >= 0.3 is 0 Å². The summed E-state index contributed by atoms with van der Waals surface area (Å²) in [4.78, 5) is 15.5. The zero-order valence-corrected chi connectivity index (χ0v) is 18.1. The third-order valence-corrected chi connectivity index (χ3v) is 8.01. The van der Waals surface area contributed by atoms with Gasteiger partial charge in [-0.1, -0.05) is 30.3 Å². The third-order valence-electron chi connectivity index (χ3n) is 7.12. The van der Waals surface area contributed by atoms with E-state index < -0.39 is 0 Å². The number of anilines is 1. The summed E-state index contributed by atoms with van der Waals surface area (Å²) in [5.74, 6) is 1.74. The standard InChI is InChI=1S/C24H28N4OS/c1-2-6-17(7-3-1)20-15-30-24-22(20)23(25-16-26-24)28-14-18-12-19(28)13-21(18)29-11-10-27-8-4-5-9-27/h1-3,6-7,15-16,18-19,21H,4-5,8-14H2. The van der Waals surface area contributed by atoms with E-state index in [-0.39, 0.29) is 0 Å². The molecular weight excluding hydrogens is 392 g/mol. The van der Waals surface area contributed by atoms with Gasteiger partial charge in [0.05, 0.1) is 18.1 Å². The lowest BCUT2D eigenvalue weighted by atomic mass is 10.0. The first-order valence-corrected chi connectivity index (χ1v) is 12.1. The van der Waals surface area contributed by atoms with Crippen molar-refractivity contribution in [1.29, 1.82) is 0 Å². The number of thiophene rings is 1. The minimum atomic E-state index is 0.419. The molecule has 156 valence electrons. The molecule has 4 heterocycles. The third kappa shape index (κ3) is 3.31. The number of fused-ring (bicyclic) bond motifs is 3. The maximum atomic E-state index is 6.35. The van der Waals surface area contributed by atoms with Crippen molar-refractivity contribution in [2.75, 3.05) is 37.7 Å². The molecular formula is C24H28N4OS. The molecule has 1 aromatic carbocycles. The quantitative estimate of drug-likeness (QED) is 0.590. The van der Waals surface area contributed by atoms with Crippen LogP contribution in [-0.4, -0.2) is 59.8 Å². The van der Waals surface area contributed by atoms with Gasteiger partial charge in [0.25, 0.3) is 0 Å². The molecule has 0 amide bonds. The van der Waals surface area contributed by atoms with Crippen LogP contribution in [0.5, 0.6) is 0 Å². The van der Waals surface area contributed by atoms with Crippen molar-refractivity contribution in [2.45, 2.75) is 37.8 Å². The molecule has 2 bridgehead atoms. The second-order valence-electron chi connectivity index (χ2n) is 8.89. The van der Waals surface area contributed by atoms with E-state index in [1.54, 1.807) is 17.7 Å². The summed E-state index contributed by atoms with van der Waals surface area (Å²) in [5, 5.41) is 3.45. The summed E-state index contributed by atoms with van der Waals surface area (Å²) < 4.78 is 6.35. The Morgan fingerprint density at radius 3 is 2.73 bits per heavy atom. The summed E-state index contributed by atoms with van der Waals surface area (Å²) in [6.07, 6.45) is 7.21. The predicted molar refractivity (Wildman–Crippen MR) is 122 cm³/mol. The van der Waals surface area contributed by atoms with Crippen LogP contribution in [0, 0.1) is 5.92 Å². The molecule has 3 atom stereocenters. The van der Waals surface area contributed by atoms with E-state index in [4.69, 9.17) is 9.72 Å². The fourth-order valence-electron chi connectivity index (χ4n) is 5.62. The summed E-state index contributed by atoms with van der Waals surface area (Å²) in [7, 11) is 0. The van der Waals surface area contributed by atoms with Gasteiger partial charge in [0.1, 0.15) is 17.0 Å². The maximum Gasteiger partial charge on any atom is 0.141 e. The van der Waals surface area contributed by atoms with Crippen LogP contribution in [0.1, 0.15) is 25.7 Å². The Kier molecular flexibility index (Phi) is 4.94. The molecule has 30 heavy (non-hydrogen) atoms. The normalized spacial score (nSPS) is 26.3. The van der Waals surface area contributed by atoms with Crippen molar-refractivity contribution in [2.24, 2.45) is 5.92 Å². The molecule has 0 N–H and O–H groups in total. The summed E-state index contributed by atoms with van der Waals surface area (Å²) in [6, 6.07) is 11.2. The highest BCUT2D eigenvalue weighted by molar-refractivity contribution is 7.17. The van der Waals surface area contributed by atoms with Crippen molar-refractivity contribution < 1.29 is 4.74 Å². The minimum absolute atomic E-state index is 0.419. The number of piperidine rings is 1. The molecule has 3 aromatic rings. The molecule has 3 aliphatic rings. The summed E-state index contributed by atoms with van der Waals surface area (Å²) >= 11 is 1.72. The maximum absolute atomic E-state index is 6.35. The topological polar surface area (TPSA) is 41.5 Å². The molecule has 6 heteroatoms. The molecule has 2 saturated heterocycles. The number of ether oxygens (including phenoxy) is 1. The number of nitrogens with zero attached hydrogens (tertiary/aromatic N) is 4. The van der Waals surface area contributed by atoms with E-state index in [1.165, 1.54) is 48.9 Å². The minimum Gasteiger partial charge on any atom is -0.376 e. The number of aromatic nitrogens is 2. The van der Waals surface area contributed by atoms with E-state index in [2.05, 4.69) is 50.5 Å². The summed E-state index contributed by atoms with van der Waals surface area (Å²) in [5.41, 5.74) is 2.50. The lowest BCUT2D eigenvalue weighted by Gasteiger charge is -2.33. The van der Waals surface area contributed by atoms with Gasteiger partial charge < -0.3 is 14.5 Å². The predicted octanol–water partition coefficient (Wildman–Crippen LogP) is 4.44. The van der Waals surface area contributed by atoms with E-state index in [0.29, 0.717) is 18.1 Å². The molecule has 1 aliphatic carbocycles. The Balaban J connectivity index is 1.20. The van der Waals surface area contributed by atoms with E-state index >= 15 is 0 Å². The Labute approximate surface area is 181 Å². The zero-order chi connectivity index (χ0) is 19.9. The average molecular weight is 421 g/mol. The smallest absolute Gasteiger partial charge is 0.141 e. The average Bonchev–Trinajstić information content (AvgIpc) is 3.57. The van der Waals surface area contributed by atoms with E-state index in [1.807, 2.05) is 0 Å². The van der Waals surface area contributed by atoms with Crippen molar-refractivity contribution in [3.63, 3.8) is 0 Å². The van der Waals surface area contributed by atoms with Crippen LogP contribution < -0.4 is 4.90 Å². The van der Waals surface area contributed by atoms with Crippen molar-refractivity contribution in [3.05, 3.63) is 42.0 Å². The molecule has 3 fully saturated rings. The van der Waals surface area contributed by atoms with Crippen LogP contribution in [0.2, 0.25) is 0 Å². The Morgan fingerprint density at radius 2 is 1.93 bits per heavy atom. The van der Waals surface area contributed by atoms with Crippen LogP contribution in [-0.2, 0) is 4.74 Å². The molecule has 3 unspecified atom stereocenters. The molecule has 0 spiro atoms. The van der Waals surface area contributed by atoms with Crippen LogP contribution in [0.15, 0.2) is 42.0 Å². The molecule has 1 saturated carbocycles. The highest BCUT2D eigenvalue weighted by Crippen LogP contribution is 2.45. The number of hydrogen-bond acceptors (Lipinski definition) is 6. The van der Waals surface area contributed by atoms with E-state index in [0.717, 1.165) is 36.8 Å². The van der Waals surface area contributed by atoms with Crippen LogP contribution >= 0.6 is 11.3 Å². The zero-order valence-electron chi connectivity index (χ0n) is 17.2. The lowest BCUT2D eigenvalue weighted by molar-refractivity contribution is 0.0149.